The van der Waals surface area contributed by atoms with Crippen molar-refractivity contribution in [2.24, 2.45) is 40.4 Å². The van der Waals surface area contributed by atoms with Crippen LogP contribution in [0.25, 0.3) is 0 Å². The second-order valence-electron chi connectivity index (χ2n) is 14.1. The maximum atomic E-state index is 12.7. The first-order chi connectivity index (χ1) is 16.5. The molecule has 4 heteroatoms. The molecule has 1 heterocycles. The predicted octanol–water partition coefficient (Wildman–Crippen LogP) is 6.40. The van der Waals surface area contributed by atoms with Gasteiger partial charge in [0, 0.05) is 12.1 Å². The van der Waals surface area contributed by atoms with E-state index in [9.17, 15) is 10.3 Å². The first-order valence-corrected chi connectivity index (χ1v) is 14.6. The molecule has 35 heavy (non-hydrogen) atoms. The van der Waals surface area contributed by atoms with Gasteiger partial charge in [0.15, 0.2) is 0 Å². The Morgan fingerprint density at radius 1 is 1.11 bits per heavy atom. The molecule has 1 N–H and O–H groups in total. The SMILES string of the molecule is CC(C)=C1CCN([O-])C1CC(C)[C@H]1CCC2C3=CCC4[C@@H](O)[C@@H](N(C)C)CC[C@]4(C)C3CC[C@@]21C. The molecule has 5 unspecified atom stereocenters. The molecule has 0 aromatic rings. The molecule has 198 valence electrons. The van der Waals surface area contributed by atoms with Crippen molar-refractivity contribution in [1.82, 2.24) is 9.96 Å². The first kappa shape index (κ1) is 25.9. The van der Waals surface area contributed by atoms with E-state index in [0.717, 1.165) is 25.7 Å². The fraction of sp³-hybridized carbons (Fsp3) is 0.871. The van der Waals surface area contributed by atoms with Crippen LogP contribution in [0.5, 0.6) is 0 Å². The van der Waals surface area contributed by atoms with Crippen LogP contribution in [0.4, 0.5) is 0 Å². The van der Waals surface area contributed by atoms with Crippen LogP contribution in [-0.4, -0.2) is 53.9 Å². The van der Waals surface area contributed by atoms with Crippen molar-refractivity contribution in [2.75, 3.05) is 20.6 Å². The zero-order chi connectivity index (χ0) is 25.3. The Bertz CT molecular complexity index is 875. The topological polar surface area (TPSA) is 49.8 Å². The summed E-state index contributed by atoms with van der Waals surface area (Å²) in [5.74, 6) is 3.04. The van der Waals surface area contributed by atoms with Crippen LogP contribution >= 0.6 is 0 Å². The van der Waals surface area contributed by atoms with Crippen molar-refractivity contribution in [1.29, 1.82) is 0 Å². The van der Waals surface area contributed by atoms with E-state index < -0.39 is 0 Å². The van der Waals surface area contributed by atoms with Crippen molar-refractivity contribution >= 4 is 0 Å². The predicted molar refractivity (Wildman–Crippen MR) is 145 cm³/mol. The number of likely N-dealkylation sites (N-methyl/N-ethyl adjacent to an activating group) is 1. The van der Waals surface area contributed by atoms with Crippen LogP contribution in [0.2, 0.25) is 0 Å². The molecule has 0 aromatic carbocycles. The third kappa shape index (κ3) is 4.01. The van der Waals surface area contributed by atoms with Crippen LogP contribution in [-0.2, 0) is 0 Å². The largest absolute Gasteiger partial charge is 0.785 e. The normalized spacial score (nSPS) is 46.7. The minimum absolute atomic E-state index is 0.107. The minimum Gasteiger partial charge on any atom is -0.785 e. The summed E-state index contributed by atoms with van der Waals surface area (Å²) in [4.78, 5) is 2.25. The number of rotatable bonds is 4. The summed E-state index contributed by atoms with van der Waals surface area (Å²) in [6.07, 6.45) is 13.0. The van der Waals surface area contributed by atoms with Gasteiger partial charge in [-0.2, -0.15) is 0 Å². The summed E-state index contributed by atoms with van der Waals surface area (Å²) in [5, 5.41) is 25.4. The Balaban J connectivity index is 1.36. The number of aliphatic hydroxyl groups excluding tert-OH is 1. The van der Waals surface area contributed by atoms with Gasteiger partial charge < -0.3 is 20.3 Å². The van der Waals surface area contributed by atoms with E-state index in [1.807, 2.05) is 0 Å². The van der Waals surface area contributed by atoms with Crippen molar-refractivity contribution in [3.63, 3.8) is 0 Å². The maximum Gasteiger partial charge on any atom is 0.0731 e. The van der Waals surface area contributed by atoms with Gasteiger partial charge in [0.1, 0.15) is 0 Å². The van der Waals surface area contributed by atoms with Gasteiger partial charge in [-0.15, -0.1) is 0 Å². The molecule has 0 spiro atoms. The van der Waals surface area contributed by atoms with E-state index in [2.05, 4.69) is 59.7 Å². The highest BCUT2D eigenvalue weighted by molar-refractivity contribution is 5.29. The summed E-state index contributed by atoms with van der Waals surface area (Å²) < 4.78 is 0. The molecule has 1 saturated heterocycles. The molecule has 0 radical (unpaired) electrons. The fourth-order valence-corrected chi connectivity index (χ4v) is 10.2. The monoisotopic (exact) mass is 483 g/mol. The zero-order valence-corrected chi connectivity index (χ0v) is 23.5. The zero-order valence-electron chi connectivity index (χ0n) is 23.5. The number of allylic oxidation sites excluding steroid dienone is 3. The molecular formula is C31H51N2O2-. The van der Waals surface area contributed by atoms with Gasteiger partial charge in [0.2, 0.25) is 0 Å². The number of nitrogens with zero attached hydrogens (tertiary/aromatic N) is 2. The highest BCUT2D eigenvalue weighted by Gasteiger charge is 2.59. The lowest BCUT2D eigenvalue weighted by Crippen LogP contribution is -2.57. The number of aliphatic hydroxyl groups is 1. The summed E-state index contributed by atoms with van der Waals surface area (Å²) in [6, 6.07) is 0.409. The summed E-state index contributed by atoms with van der Waals surface area (Å²) >= 11 is 0. The van der Waals surface area contributed by atoms with E-state index in [4.69, 9.17) is 0 Å². The van der Waals surface area contributed by atoms with E-state index in [1.165, 1.54) is 48.3 Å². The molecule has 0 aromatic heterocycles. The average Bonchev–Trinajstić information content (AvgIpc) is 3.33. The summed E-state index contributed by atoms with van der Waals surface area (Å²) in [6.45, 7) is 12.6. The number of hydrogen-bond donors (Lipinski definition) is 1. The van der Waals surface area contributed by atoms with Gasteiger partial charge in [-0.05, 0) is 133 Å². The van der Waals surface area contributed by atoms with E-state index >= 15 is 0 Å². The molecule has 4 aliphatic carbocycles. The number of hydrogen-bond acceptors (Lipinski definition) is 4. The molecule has 5 rings (SSSR count). The second kappa shape index (κ2) is 9.26. The minimum atomic E-state index is -0.211. The van der Waals surface area contributed by atoms with Gasteiger partial charge in [-0.25, -0.2) is 0 Å². The van der Waals surface area contributed by atoms with Crippen molar-refractivity contribution < 1.29 is 5.11 Å². The average molecular weight is 484 g/mol. The van der Waals surface area contributed by atoms with Crippen molar-refractivity contribution in [3.8, 4) is 0 Å². The standard InChI is InChI=1S/C31H51N2O2/c1-19(2)21-14-17-33(35)28(21)18-20(3)23-10-11-24-22-8-9-26-29(34)27(32(6)7)13-16-31(26,5)25(22)12-15-30(23,24)4/h8,20,23-29,34H,9-18H2,1-7H3/q-1/t20?,23-,24?,25?,26?,27+,28?,29-,30-,31-/m1/s1. The molecule has 5 aliphatic rings. The highest BCUT2D eigenvalue weighted by Crippen LogP contribution is 2.67. The first-order valence-electron chi connectivity index (χ1n) is 14.6. The van der Waals surface area contributed by atoms with Gasteiger partial charge in [-0.3, -0.25) is 0 Å². The van der Waals surface area contributed by atoms with Crippen molar-refractivity contribution in [3.05, 3.63) is 28.0 Å². The Labute approximate surface area is 214 Å². The van der Waals surface area contributed by atoms with Crippen molar-refractivity contribution in [2.45, 2.75) is 111 Å². The highest BCUT2D eigenvalue weighted by atomic mass is 16.5. The second-order valence-corrected chi connectivity index (χ2v) is 14.1. The quantitative estimate of drug-likeness (QED) is 0.470. The Kier molecular flexibility index (Phi) is 6.86. The lowest BCUT2D eigenvalue weighted by molar-refractivity contribution is -0.101. The Morgan fingerprint density at radius 3 is 2.49 bits per heavy atom. The fourth-order valence-electron chi connectivity index (χ4n) is 10.2. The molecule has 4 nitrogen and oxygen atoms in total. The molecule has 3 saturated carbocycles. The smallest absolute Gasteiger partial charge is 0.0731 e. The van der Waals surface area contributed by atoms with Gasteiger partial charge in [0.05, 0.1) is 6.10 Å². The molecule has 1 aliphatic heterocycles. The third-order valence-electron chi connectivity index (χ3n) is 12.2. The molecule has 0 bridgehead atoms. The lowest BCUT2D eigenvalue weighted by atomic mass is 9.47. The Hall–Kier alpha value is -0.680. The van der Waals surface area contributed by atoms with Crippen LogP contribution in [0.1, 0.15) is 92.4 Å². The van der Waals surface area contributed by atoms with Gasteiger partial charge >= 0.3 is 0 Å². The number of hydroxylamine groups is 2. The van der Waals surface area contributed by atoms with Crippen LogP contribution < -0.4 is 0 Å². The molecular weight excluding hydrogens is 432 g/mol. The van der Waals surface area contributed by atoms with Gasteiger partial charge in [0.25, 0.3) is 0 Å². The van der Waals surface area contributed by atoms with Crippen LogP contribution in [0, 0.1) is 45.6 Å². The Morgan fingerprint density at radius 2 is 1.80 bits per heavy atom. The van der Waals surface area contributed by atoms with E-state index in [1.54, 1.807) is 5.57 Å². The summed E-state index contributed by atoms with van der Waals surface area (Å²) in [7, 11) is 4.26. The maximum absolute atomic E-state index is 12.7. The van der Waals surface area contributed by atoms with E-state index in [0.29, 0.717) is 47.6 Å². The number of fused-ring (bicyclic) bond motifs is 5. The molecule has 10 atom stereocenters. The van der Waals surface area contributed by atoms with Crippen LogP contribution in [0.3, 0.4) is 0 Å². The van der Waals surface area contributed by atoms with Crippen LogP contribution in [0.15, 0.2) is 22.8 Å². The third-order valence-corrected chi connectivity index (χ3v) is 12.2. The van der Waals surface area contributed by atoms with E-state index in [-0.39, 0.29) is 17.6 Å². The van der Waals surface area contributed by atoms with Gasteiger partial charge in [-0.1, -0.05) is 43.6 Å². The summed E-state index contributed by atoms with van der Waals surface area (Å²) in [5.41, 5.74) is 5.14. The lowest BCUT2D eigenvalue weighted by Gasteiger charge is -2.59. The molecule has 4 fully saturated rings. The molecule has 0 amide bonds.